The van der Waals surface area contributed by atoms with E-state index in [4.69, 9.17) is 4.42 Å². The Morgan fingerprint density at radius 1 is 1.50 bits per heavy atom. The Kier molecular flexibility index (Phi) is 4.42. The molecule has 0 radical (unpaired) electrons. The zero-order valence-electron chi connectivity index (χ0n) is 11.4. The van der Waals surface area contributed by atoms with E-state index in [1.807, 2.05) is 29.8 Å². The summed E-state index contributed by atoms with van der Waals surface area (Å²) in [6.07, 6.45) is 2.99. The SMILES string of the molecule is Cc1ccc(C=CC(=O)NCC(C)(O)c2ccsc2)o1. The molecule has 0 fully saturated rings. The Morgan fingerprint density at radius 3 is 2.90 bits per heavy atom. The van der Waals surface area contributed by atoms with Crippen molar-refractivity contribution in [3.8, 4) is 0 Å². The number of hydrogen-bond donors (Lipinski definition) is 2. The maximum atomic E-state index is 11.7. The van der Waals surface area contributed by atoms with Crippen molar-refractivity contribution < 1.29 is 14.3 Å². The second kappa shape index (κ2) is 6.07. The molecule has 2 aromatic heterocycles. The van der Waals surface area contributed by atoms with Gasteiger partial charge in [-0.3, -0.25) is 4.79 Å². The first-order valence-corrected chi connectivity index (χ1v) is 7.19. The smallest absolute Gasteiger partial charge is 0.244 e. The van der Waals surface area contributed by atoms with Crippen molar-refractivity contribution in [1.29, 1.82) is 0 Å². The number of nitrogens with one attached hydrogen (secondary N) is 1. The van der Waals surface area contributed by atoms with Gasteiger partial charge in [0.25, 0.3) is 0 Å². The van der Waals surface area contributed by atoms with Crippen LogP contribution in [0.15, 0.2) is 39.5 Å². The molecule has 1 atom stereocenters. The summed E-state index contributed by atoms with van der Waals surface area (Å²) in [7, 11) is 0. The summed E-state index contributed by atoms with van der Waals surface area (Å²) in [4.78, 5) is 11.7. The van der Waals surface area contributed by atoms with Crippen LogP contribution in [0.3, 0.4) is 0 Å². The lowest BCUT2D eigenvalue weighted by Gasteiger charge is -2.22. The van der Waals surface area contributed by atoms with Gasteiger partial charge < -0.3 is 14.8 Å². The molecule has 0 bridgehead atoms. The minimum atomic E-state index is -1.06. The lowest BCUT2D eigenvalue weighted by atomic mass is 9.99. The van der Waals surface area contributed by atoms with Crippen LogP contribution in [-0.2, 0) is 10.4 Å². The van der Waals surface area contributed by atoms with Crippen molar-refractivity contribution in [2.45, 2.75) is 19.4 Å². The van der Waals surface area contributed by atoms with Gasteiger partial charge in [0.15, 0.2) is 0 Å². The van der Waals surface area contributed by atoms with E-state index < -0.39 is 5.60 Å². The van der Waals surface area contributed by atoms with Crippen molar-refractivity contribution in [2.24, 2.45) is 0 Å². The van der Waals surface area contributed by atoms with E-state index in [2.05, 4.69) is 5.32 Å². The van der Waals surface area contributed by atoms with E-state index in [1.54, 1.807) is 19.1 Å². The number of rotatable bonds is 5. The number of aryl methyl sites for hydroxylation is 1. The molecule has 2 N–H and O–H groups in total. The lowest BCUT2D eigenvalue weighted by molar-refractivity contribution is -0.117. The maximum absolute atomic E-state index is 11.7. The summed E-state index contributed by atoms with van der Waals surface area (Å²) >= 11 is 1.51. The topological polar surface area (TPSA) is 62.5 Å². The van der Waals surface area contributed by atoms with E-state index in [1.165, 1.54) is 17.4 Å². The fourth-order valence-corrected chi connectivity index (χ4v) is 2.47. The second-order valence-electron chi connectivity index (χ2n) is 4.79. The molecule has 1 unspecified atom stereocenters. The third-order valence-electron chi connectivity index (χ3n) is 2.91. The first-order valence-electron chi connectivity index (χ1n) is 6.25. The molecule has 2 rings (SSSR count). The molecule has 2 heterocycles. The number of hydrogen-bond acceptors (Lipinski definition) is 4. The number of amides is 1. The zero-order chi connectivity index (χ0) is 14.6. The molecule has 0 aliphatic carbocycles. The van der Waals surface area contributed by atoms with E-state index in [0.717, 1.165) is 11.3 Å². The van der Waals surface area contributed by atoms with Gasteiger partial charge in [0, 0.05) is 6.08 Å². The predicted molar refractivity (Wildman–Crippen MR) is 79.4 cm³/mol. The molecule has 0 saturated carbocycles. The highest BCUT2D eigenvalue weighted by Crippen LogP contribution is 2.21. The number of aliphatic hydroxyl groups is 1. The fraction of sp³-hybridized carbons (Fsp3) is 0.267. The van der Waals surface area contributed by atoms with Crippen LogP contribution in [0.4, 0.5) is 0 Å². The van der Waals surface area contributed by atoms with Crippen LogP contribution in [0.1, 0.15) is 24.0 Å². The van der Waals surface area contributed by atoms with Gasteiger partial charge in [-0.25, -0.2) is 0 Å². The third kappa shape index (κ3) is 3.82. The average Bonchev–Trinajstić information content (AvgIpc) is 3.05. The van der Waals surface area contributed by atoms with Crippen LogP contribution in [0.25, 0.3) is 6.08 Å². The fourth-order valence-electron chi connectivity index (χ4n) is 1.69. The monoisotopic (exact) mass is 291 g/mol. The Labute approximate surface area is 121 Å². The normalized spacial score (nSPS) is 14.3. The molecule has 106 valence electrons. The number of carbonyl (C=O) groups is 1. The summed E-state index contributed by atoms with van der Waals surface area (Å²) in [5, 5.41) is 16.7. The first kappa shape index (κ1) is 14.6. The van der Waals surface area contributed by atoms with Crippen LogP contribution < -0.4 is 5.32 Å². The molecule has 20 heavy (non-hydrogen) atoms. The number of furan rings is 1. The van der Waals surface area contributed by atoms with Gasteiger partial charge in [-0.15, -0.1) is 0 Å². The number of carbonyl (C=O) groups excluding carboxylic acids is 1. The third-order valence-corrected chi connectivity index (χ3v) is 3.59. The highest BCUT2D eigenvalue weighted by molar-refractivity contribution is 7.08. The van der Waals surface area contributed by atoms with Crippen LogP contribution in [-0.4, -0.2) is 17.6 Å². The van der Waals surface area contributed by atoms with Gasteiger partial charge in [0.05, 0.1) is 6.54 Å². The molecule has 0 aliphatic heterocycles. The summed E-state index contributed by atoms with van der Waals surface area (Å²) in [5.41, 5.74) is -0.265. The summed E-state index contributed by atoms with van der Waals surface area (Å²) in [5.74, 6) is 1.15. The van der Waals surface area contributed by atoms with Crippen molar-refractivity contribution in [3.05, 3.63) is 52.1 Å². The van der Waals surface area contributed by atoms with Crippen molar-refractivity contribution >= 4 is 23.3 Å². The molecule has 1 amide bonds. The highest BCUT2D eigenvalue weighted by Gasteiger charge is 2.23. The predicted octanol–water partition coefficient (Wildman–Crippen LogP) is 2.69. The van der Waals surface area contributed by atoms with E-state index >= 15 is 0 Å². The summed E-state index contributed by atoms with van der Waals surface area (Å²) in [6, 6.07) is 5.47. The quantitative estimate of drug-likeness (QED) is 0.833. The zero-order valence-corrected chi connectivity index (χ0v) is 12.2. The molecular weight excluding hydrogens is 274 g/mol. The molecule has 2 aromatic rings. The molecule has 4 nitrogen and oxygen atoms in total. The van der Waals surface area contributed by atoms with Gasteiger partial charge in [-0.1, -0.05) is 0 Å². The Hall–Kier alpha value is -1.85. The molecule has 5 heteroatoms. The van der Waals surface area contributed by atoms with E-state index in [9.17, 15) is 9.90 Å². The second-order valence-corrected chi connectivity index (χ2v) is 5.57. The summed E-state index contributed by atoms with van der Waals surface area (Å²) < 4.78 is 5.32. The van der Waals surface area contributed by atoms with Gasteiger partial charge in [0.1, 0.15) is 17.1 Å². The molecule has 0 aliphatic rings. The lowest BCUT2D eigenvalue weighted by Crippen LogP contribution is -2.37. The van der Waals surface area contributed by atoms with Crippen molar-refractivity contribution in [3.63, 3.8) is 0 Å². The molecule has 0 saturated heterocycles. The van der Waals surface area contributed by atoms with Gasteiger partial charge >= 0.3 is 0 Å². The Balaban J connectivity index is 1.88. The van der Waals surface area contributed by atoms with E-state index in [-0.39, 0.29) is 12.5 Å². The van der Waals surface area contributed by atoms with Gasteiger partial charge in [0.2, 0.25) is 5.91 Å². The standard InChI is InChI=1S/C15H17NO3S/c1-11-3-4-13(19-11)5-6-14(17)16-10-15(2,18)12-7-8-20-9-12/h3-9,18H,10H2,1-2H3,(H,16,17). The average molecular weight is 291 g/mol. The van der Waals surface area contributed by atoms with Crippen LogP contribution in [0, 0.1) is 6.92 Å². The van der Waals surface area contributed by atoms with Gasteiger partial charge in [-0.2, -0.15) is 11.3 Å². The Morgan fingerprint density at radius 2 is 2.30 bits per heavy atom. The van der Waals surface area contributed by atoms with Crippen LogP contribution in [0.5, 0.6) is 0 Å². The Bertz CT molecular complexity index is 596. The van der Waals surface area contributed by atoms with Gasteiger partial charge in [-0.05, 0) is 54.4 Å². The van der Waals surface area contributed by atoms with Crippen LogP contribution in [0.2, 0.25) is 0 Å². The highest BCUT2D eigenvalue weighted by atomic mass is 32.1. The maximum Gasteiger partial charge on any atom is 0.244 e. The number of thiophene rings is 1. The van der Waals surface area contributed by atoms with Crippen molar-refractivity contribution in [1.82, 2.24) is 5.32 Å². The largest absolute Gasteiger partial charge is 0.462 e. The molecule has 0 spiro atoms. The molecule has 0 aromatic carbocycles. The van der Waals surface area contributed by atoms with Crippen molar-refractivity contribution in [2.75, 3.05) is 6.54 Å². The first-order chi connectivity index (χ1) is 9.47. The van der Waals surface area contributed by atoms with E-state index in [0.29, 0.717) is 5.76 Å². The molecular formula is C15H17NO3S. The summed E-state index contributed by atoms with van der Waals surface area (Å²) in [6.45, 7) is 3.68. The van der Waals surface area contributed by atoms with Crippen LogP contribution >= 0.6 is 11.3 Å². The minimum absolute atomic E-state index is 0.157. The minimum Gasteiger partial charge on any atom is -0.462 e.